The third-order valence-corrected chi connectivity index (χ3v) is 1.73. The van der Waals surface area contributed by atoms with Crippen LogP contribution in [0, 0.1) is 5.82 Å². The predicted octanol–water partition coefficient (Wildman–Crippen LogP) is 0.605. The molecule has 5 nitrogen and oxygen atoms in total. The van der Waals surface area contributed by atoms with E-state index in [2.05, 4.69) is 11.1 Å². The lowest BCUT2D eigenvalue weighted by Crippen LogP contribution is -2.25. The number of hydrogen-bond acceptors (Lipinski definition) is 3. The summed E-state index contributed by atoms with van der Waals surface area (Å²) in [6.45, 7) is 0.0611. The van der Waals surface area contributed by atoms with Crippen molar-refractivity contribution in [1.82, 2.24) is 5.32 Å². The normalized spacial score (nSPS) is 8.88. The Morgan fingerprint density at radius 2 is 1.82 bits per heavy atom. The van der Waals surface area contributed by atoms with Crippen LogP contribution in [-0.2, 0) is 4.79 Å². The molecule has 0 unspecified atom stereocenters. The maximum Gasteiger partial charge on any atom is 0.305 e. The predicted molar refractivity (Wildman–Crippen MR) is 61.1 cm³/mol. The molecule has 0 atom stereocenters. The number of carboxylic acids is 1. The van der Waals surface area contributed by atoms with Crippen molar-refractivity contribution in [3.63, 3.8) is 0 Å². The molecule has 1 aromatic rings. The van der Waals surface area contributed by atoms with E-state index in [1.165, 1.54) is 31.3 Å². The number of carbonyl (C=O) groups excluding carboxylic acids is 1. The van der Waals surface area contributed by atoms with Crippen LogP contribution in [0.2, 0.25) is 0 Å². The maximum atomic E-state index is 12.5. The molecular weight excluding hydrogens is 227 g/mol. The van der Waals surface area contributed by atoms with Gasteiger partial charge >= 0.3 is 5.97 Å². The summed E-state index contributed by atoms with van der Waals surface area (Å²) in [4.78, 5) is 21.5. The van der Waals surface area contributed by atoms with Gasteiger partial charge in [-0.05, 0) is 31.3 Å². The molecule has 4 N–H and O–H groups in total. The van der Waals surface area contributed by atoms with Gasteiger partial charge in [0.2, 0.25) is 0 Å². The summed E-state index contributed by atoms with van der Waals surface area (Å²) in [6.07, 6.45) is -0.132. The van der Waals surface area contributed by atoms with Gasteiger partial charge in [0.1, 0.15) is 5.82 Å². The van der Waals surface area contributed by atoms with E-state index in [1.54, 1.807) is 0 Å². The second-order valence-electron chi connectivity index (χ2n) is 2.91. The Morgan fingerprint density at radius 1 is 1.29 bits per heavy atom. The number of aliphatic carboxylic acids is 1. The lowest BCUT2D eigenvalue weighted by atomic mass is 10.2. The highest BCUT2D eigenvalue weighted by Crippen LogP contribution is 2.02. The van der Waals surface area contributed by atoms with Crippen molar-refractivity contribution < 1.29 is 19.1 Å². The molecule has 0 saturated carbocycles. The molecule has 0 spiro atoms. The average molecular weight is 242 g/mol. The van der Waals surface area contributed by atoms with Gasteiger partial charge in [-0.25, -0.2) is 4.39 Å². The van der Waals surface area contributed by atoms with Crippen molar-refractivity contribution in [2.75, 3.05) is 13.6 Å². The van der Waals surface area contributed by atoms with Crippen LogP contribution in [0.1, 0.15) is 16.8 Å². The smallest absolute Gasteiger partial charge is 0.305 e. The highest BCUT2D eigenvalue weighted by molar-refractivity contribution is 5.94. The van der Waals surface area contributed by atoms with E-state index in [9.17, 15) is 14.0 Å². The summed E-state index contributed by atoms with van der Waals surface area (Å²) in [6, 6.07) is 5.02. The van der Waals surface area contributed by atoms with E-state index in [1.807, 2.05) is 0 Å². The molecule has 0 aliphatic rings. The first-order valence-corrected chi connectivity index (χ1v) is 4.93. The fourth-order valence-corrected chi connectivity index (χ4v) is 0.986. The van der Waals surface area contributed by atoms with Gasteiger partial charge in [-0.2, -0.15) is 0 Å². The van der Waals surface area contributed by atoms with Crippen LogP contribution in [0.25, 0.3) is 0 Å². The Kier molecular flexibility index (Phi) is 7.29. The number of benzene rings is 1. The molecule has 0 aliphatic heterocycles. The largest absolute Gasteiger partial charge is 0.481 e. The van der Waals surface area contributed by atoms with Crippen LogP contribution in [0.3, 0.4) is 0 Å². The SMILES string of the molecule is CN.O=C(O)CCNC(=O)c1ccc(F)cc1. The summed E-state index contributed by atoms with van der Waals surface area (Å²) in [5, 5.41) is 10.7. The molecule has 94 valence electrons. The molecule has 6 heteroatoms. The molecule has 1 amide bonds. The van der Waals surface area contributed by atoms with Gasteiger partial charge in [0.15, 0.2) is 0 Å². The third kappa shape index (κ3) is 6.26. The van der Waals surface area contributed by atoms with Crippen LogP contribution >= 0.6 is 0 Å². The summed E-state index contributed by atoms with van der Waals surface area (Å²) >= 11 is 0. The molecule has 0 aromatic heterocycles. The number of carbonyl (C=O) groups is 2. The molecular formula is C11H15FN2O3. The minimum atomic E-state index is -0.977. The van der Waals surface area contributed by atoms with Crippen LogP contribution in [-0.4, -0.2) is 30.6 Å². The number of amides is 1. The molecule has 1 aromatic carbocycles. The standard InChI is InChI=1S/C10H10FNO3.CH5N/c11-8-3-1-7(2-4-8)10(15)12-6-5-9(13)14;1-2/h1-4H,5-6H2,(H,12,15)(H,13,14);2H2,1H3. The Labute approximate surface area is 98.4 Å². The minimum absolute atomic E-state index is 0.0611. The van der Waals surface area contributed by atoms with Crippen molar-refractivity contribution in [2.24, 2.45) is 5.73 Å². The zero-order valence-electron chi connectivity index (χ0n) is 9.44. The van der Waals surface area contributed by atoms with Gasteiger partial charge in [0, 0.05) is 12.1 Å². The number of carboxylic acid groups (broad SMARTS) is 1. The van der Waals surface area contributed by atoms with Crippen LogP contribution in [0.15, 0.2) is 24.3 Å². The van der Waals surface area contributed by atoms with Crippen molar-refractivity contribution in [2.45, 2.75) is 6.42 Å². The van der Waals surface area contributed by atoms with Crippen LogP contribution in [0.5, 0.6) is 0 Å². The van der Waals surface area contributed by atoms with Crippen molar-refractivity contribution in [3.8, 4) is 0 Å². The summed E-state index contributed by atoms with van der Waals surface area (Å²) in [7, 11) is 1.50. The van der Waals surface area contributed by atoms with E-state index in [0.29, 0.717) is 5.56 Å². The first kappa shape index (κ1) is 15.0. The Bertz CT molecular complexity index is 365. The fourth-order valence-electron chi connectivity index (χ4n) is 0.986. The highest BCUT2D eigenvalue weighted by Gasteiger charge is 2.05. The lowest BCUT2D eigenvalue weighted by molar-refractivity contribution is -0.136. The van der Waals surface area contributed by atoms with E-state index in [0.717, 1.165) is 0 Å². The number of rotatable bonds is 4. The summed E-state index contributed by atoms with van der Waals surface area (Å²) in [5.74, 6) is -1.80. The molecule has 0 saturated heterocycles. The van der Waals surface area contributed by atoms with E-state index < -0.39 is 17.7 Å². The van der Waals surface area contributed by atoms with Gasteiger partial charge < -0.3 is 16.2 Å². The number of nitrogens with one attached hydrogen (secondary N) is 1. The minimum Gasteiger partial charge on any atom is -0.481 e. The molecule has 0 bridgehead atoms. The van der Waals surface area contributed by atoms with E-state index in [4.69, 9.17) is 5.11 Å². The van der Waals surface area contributed by atoms with Crippen molar-refractivity contribution in [3.05, 3.63) is 35.6 Å². The molecule has 1 rings (SSSR count). The van der Waals surface area contributed by atoms with Gasteiger partial charge in [0.25, 0.3) is 5.91 Å². The highest BCUT2D eigenvalue weighted by atomic mass is 19.1. The lowest BCUT2D eigenvalue weighted by Gasteiger charge is -2.02. The first-order valence-electron chi connectivity index (χ1n) is 4.93. The molecule has 0 heterocycles. The maximum absolute atomic E-state index is 12.5. The quantitative estimate of drug-likeness (QED) is 0.721. The fraction of sp³-hybridized carbons (Fsp3) is 0.273. The summed E-state index contributed by atoms with van der Waals surface area (Å²) < 4.78 is 12.5. The molecule has 0 radical (unpaired) electrons. The Morgan fingerprint density at radius 3 is 2.29 bits per heavy atom. The van der Waals surface area contributed by atoms with Gasteiger partial charge in [-0.15, -0.1) is 0 Å². The zero-order valence-corrected chi connectivity index (χ0v) is 9.44. The van der Waals surface area contributed by atoms with Crippen LogP contribution < -0.4 is 11.1 Å². The number of halogens is 1. The third-order valence-electron chi connectivity index (χ3n) is 1.73. The first-order chi connectivity index (χ1) is 8.09. The topological polar surface area (TPSA) is 92.4 Å². The Hall–Kier alpha value is -1.95. The van der Waals surface area contributed by atoms with Gasteiger partial charge in [0.05, 0.1) is 6.42 Å². The van der Waals surface area contributed by atoms with Crippen molar-refractivity contribution >= 4 is 11.9 Å². The average Bonchev–Trinajstić information content (AvgIpc) is 2.32. The Balaban J connectivity index is 0.00000121. The van der Waals surface area contributed by atoms with Crippen molar-refractivity contribution in [1.29, 1.82) is 0 Å². The second-order valence-corrected chi connectivity index (χ2v) is 2.91. The molecule has 0 fully saturated rings. The molecule has 0 aliphatic carbocycles. The second kappa shape index (κ2) is 8.23. The van der Waals surface area contributed by atoms with E-state index in [-0.39, 0.29) is 13.0 Å². The molecule has 17 heavy (non-hydrogen) atoms. The van der Waals surface area contributed by atoms with E-state index >= 15 is 0 Å². The van der Waals surface area contributed by atoms with Gasteiger partial charge in [-0.3, -0.25) is 9.59 Å². The monoisotopic (exact) mass is 242 g/mol. The van der Waals surface area contributed by atoms with Gasteiger partial charge in [-0.1, -0.05) is 0 Å². The van der Waals surface area contributed by atoms with Crippen LogP contribution in [0.4, 0.5) is 4.39 Å². The number of nitrogens with two attached hydrogens (primary N) is 1. The zero-order chi connectivity index (χ0) is 13.3. The number of hydrogen-bond donors (Lipinski definition) is 3. The summed E-state index contributed by atoms with van der Waals surface area (Å²) in [5.41, 5.74) is 4.81.